The summed E-state index contributed by atoms with van der Waals surface area (Å²) in [5, 5.41) is 0. The Balaban J connectivity index is 1.44. The Bertz CT molecular complexity index is 1100. The average molecular weight is 414 g/mol. The molecule has 2 aliphatic heterocycles. The number of amides is 1. The Labute approximate surface area is 169 Å². The summed E-state index contributed by atoms with van der Waals surface area (Å²) in [6.45, 7) is 2.06. The number of fused-ring (bicyclic) bond motifs is 2. The fourth-order valence-corrected chi connectivity index (χ4v) is 5.38. The smallest absolute Gasteiger partial charge is 0.338 e. The molecule has 0 radical (unpaired) electrons. The Kier molecular flexibility index (Phi) is 4.82. The third-order valence-corrected chi connectivity index (χ3v) is 6.61. The van der Waals surface area contributed by atoms with Crippen molar-refractivity contribution in [2.45, 2.75) is 25.8 Å². The van der Waals surface area contributed by atoms with Crippen molar-refractivity contribution in [3.05, 3.63) is 59.2 Å². The fraction of sp³-hybridized carbons (Fsp3) is 0.333. The third kappa shape index (κ3) is 3.60. The van der Waals surface area contributed by atoms with Gasteiger partial charge >= 0.3 is 5.97 Å². The molecule has 0 N–H and O–H groups in total. The van der Waals surface area contributed by atoms with Crippen LogP contribution in [0, 0.1) is 0 Å². The molecule has 29 heavy (non-hydrogen) atoms. The van der Waals surface area contributed by atoms with E-state index in [4.69, 9.17) is 4.74 Å². The van der Waals surface area contributed by atoms with Crippen molar-refractivity contribution < 1.29 is 22.7 Å². The quantitative estimate of drug-likeness (QED) is 0.716. The van der Waals surface area contributed by atoms with E-state index in [1.807, 2.05) is 31.2 Å². The van der Waals surface area contributed by atoms with Crippen LogP contribution in [0.15, 0.2) is 42.5 Å². The van der Waals surface area contributed by atoms with Gasteiger partial charge in [0.25, 0.3) is 5.91 Å². The summed E-state index contributed by atoms with van der Waals surface area (Å²) in [5.41, 5.74) is 3.63. The molecule has 0 spiro atoms. The average Bonchev–Trinajstić information content (AvgIpc) is 3.24. The molecule has 4 rings (SSSR count). The zero-order valence-electron chi connectivity index (χ0n) is 16.3. The Morgan fingerprint density at radius 2 is 1.86 bits per heavy atom. The second-order valence-electron chi connectivity index (χ2n) is 7.46. The normalized spacial score (nSPS) is 17.8. The molecule has 0 aromatic heterocycles. The molecular weight excluding hydrogens is 392 g/mol. The van der Waals surface area contributed by atoms with Crippen molar-refractivity contribution in [2.24, 2.45) is 0 Å². The van der Waals surface area contributed by atoms with Gasteiger partial charge in [0.2, 0.25) is 10.0 Å². The number of sulfonamides is 1. The summed E-state index contributed by atoms with van der Waals surface area (Å²) >= 11 is 0. The number of benzene rings is 2. The Morgan fingerprint density at radius 1 is 1.10 bits per heavy atom. The minimum atomic E-state index is -3.39. The van der Waals surface area contributed by atoms with Crippen molar-refractivity contribution in [2.75, 3.05) is 28.6 Å². The maximum absolute atomic E-state index is 12.5. The van der Waals surface area contributed by atoms with Gasteiger partial charge in [0.15, 0.2) is 6.61 Å². The largest absolute Gasteiger partial charge is 0.452 e. The van der Waals surface area contributed by atoms with Gasteiger partial charge in [-0.2, -0.15) is 0 Å². The van der Waals surface area contributed by atoms with Gasteiger partial charge < -0.3 is 9.64 Å². The van der Waals surface area contributed by atoms with E-state index >= 15 is 0 Å². The minimum Gasteiger partial charge on any atom is -0.452 e. The number of nitrogens with zero attached hydrogens (tertiary/aromatic N) is 2. The first kappa shape index (κ1) is 19.4. The monoisotopic (exact) mass is 414 g/mol. The SMILES string of the molecule is C[C@H]1Cc2cc(C(=O)OCC(=O)N3CCc4ccccc43)ccc2N1S(C)(=O)=O. The number of ether oxygens (including phenoxy) is 1. The van der Waals surface area contributed by atoms with Gasteiger partial charge in [-0.15, -0.1) is 0 Å². The first-order chi connectivity index (χ1) is 13.8. The molecule has 0 aliphatic carbocycles. The molecule has 0 fully saturated rings. The molecule has 2 aromatic carbocycles. The number of carbonyl (C=O) groups is 2. The molecule has 2 aliphatic rings. The summed E-state index contributed by atoms with van der Waals surface area (Å²) in [5.74, 6) is -0.861. The van der Waals surface area contributed by atoms with Crippen molar-refractivity contribution in [3.8, 4) is 0 Å². The lowest BCUT2D eigenvalue weighted by molar-refractivity contribution is -0.121. The zero-order chi connectivity index (χ0) is 20.8. The van der Waals surface area contributed by atoms with Gasteiger partial charge in [-0.05, 0) is 55.2 Å². The number of hydrogen-bond donors (Lipinski definition) is 0. The van der Waals surface area contributed by atoms with Gasteiger partial charge in [0.05, 0.1) is 17.5 Å². The van der Waals surface area contributed by atoms with Crippen LogP contribution < -0.4 is 9.21 Å². The Hall–Kier alpha value is -2.87. The molecule has 0 saturated carbocycles. The van der Waals surface area contributed by atoms with Gasteiger partial charge in [-0.1, -0.05) is 18.2 Å². The molecule has 1 atom stereocenters. The van der Waals surface area contributed by atoms with Crippen LogP contribution in [0.3, 0.4) is 0 Å². The number of hydrogen-bond acceptors (Lipinski definition) is 5. The van der Waals surface area contributed by atoms with E-state index in [1.54, 1.807) is 17.0 Å². The number of para-hydroxylation sites is 1. The number of carbonyl (C=O) groups excluding carboxylic acids is 2. The van der Waals surface area contributed by atoms with E-state index in [0.29, 0.717) is 24.2 Å². The molecule has 8 heteroatoms. The van der Waals surface area contributed by atoms with E-state index in [1.165, 1.54) is 16.6 Å². The number of rotatable bonds is 4. The summed E-state index contributed by atoms with van der Waals surface area (Å²) in [7, 11) is -3.39. The van der Waals surface area contributed by atoms with E-state index in [9.17, 15) is 18.0 Å². The van der Waals surface area contributed by atoms with Crippen LogP contribution in [0.25, 0.3) is 0 Å². The molecule has 0 saturated heterocycles. The summed E-state index contributed by atoms with van der Waals surface area (Å²) in [6, 6.07) is 12.3. The maximum Gasteiger partial charge on any atom is 0.338 e. The zero-order valence-corrected chi connectivity index (χ0v) is 17.1. The molecule has 0 unspecified atom stereocenters. The molecule has 152 valence electrons. The van der Waals surface area contributed by atoms with Crippen molar-refractivity contribution in [3.63, 3.8) is 0 Å². The summed E-state index contributed by atoms with van der Waals surface area (Å²) in [6.07, 6.45) is 2.48. The second-order valence-corrected chi connectivity index (χ2v) is 9.32. The molecular formula is C21H22N2O5S. The maximum atomic E-state index is 12.5. The lowest BCUT2D eigenvalue weighted by atomic mass is 10.1. The van der Waals surface area contributed by atoms with E-state index in [-0.39, 0.29) is 18.6 Å². The van der Waals surface area contributed by atoms with Crippen molar-refractivity contribution >= 4 is 33.3 Å². The molecule has 1 amide bonds. The molecule has 7 nitrogen and oxygen atoms in total. The van der Waals surface area contributed by atoms with Crippen LogP contribution in [-0.2, 0) is 32.4 Å². The lowest BCUT2D eigenvalue weighted by Gasteiger charge is -2.21. The molecule has 2 heterocycles. The van der Waals surface area contributed by atoms with Crippen LogP contribution in [0.4, 0.5) is 11.4 Å². The lowest BCUT2D eigenvalue weighted by Crippen LogP contribution is -2.34. The van der Waals surface area contributed by atoms with Crippen LogP contribution in [0.2, 0.25) is 0 Å². The van der Waals surface area contributed by atoms with Crippen LogP contribution in [0.5, 0.6) is 0 Å². The van der Waals surface area contributed by atoms with E-state index < -0.39 is 16.0 Å². The second kappa shape index (κ2) is 7.18. The fourth-order valence-electron chi connectivity index (χ4n) is 4.12. The molecule has 2 aromatic rings. The highest BCUT2D eigenvalue weighted by molar-refractivity contribution is 7.92. The first-order valence-electron chi connectivity index (χ1n) is 9.43. The number of anilines is 2. The summed E-state index contributed by atoms with van der Waals surface area (Å²) in [4.78, 5) is 26.6. The molecule has 0 bridgehead atoms. The first-order valence-corrected chi connectivity index (χ1v) is 11.3. The predicted octanol–water partition coefficient (Wildman–Crippen LogP) is 2.14. The van der Waals surface area contributed by atoms with Crippen LogP contribution >= 0.6 is 0 Å². The van der Waals surface area contributed by atoms with Gasteiger partial charge in [-0.3, -0.25) is 9.10 Å². The highest BCUT2D eigenvalue weighted by Crippen LogP contribution is 2.35. The van der Waals surface area contributed by atoms with Gasteiger partial charge in [-0.25, -0.2) is 13.2 Å². The summed E-state index contributed by atoms with van der Waals surface area (Å²) < 4.78 is 30.6. The minimum absolute atomic E-state index is 0.205. The Morgan fingerprint density at radius 3 is 2.62 bits per heavy atom. The highest BCUT2D eigenvalue weighted by atomic mass is 32.2. The number of esters is 1. The third-order valence-electron chi connectivity index (χ3n) is 5.34. The topological polar surface area (TPSA) is 84.0 Å². The van der Waals surface area contributed by atoms with E-state index in [0.717, 1.165) is 23.2 Å². The van der Waals surface area contributed by atoms with Crippen LogP contribution in [-0.4, -0.2) is 45.7 Å². The van der Waals surface area contributed by atoms with Crippen LogP contribution in [0.1, 0.15) is 28.4 Å². The van der Waals surface area contributed by atoms with Crippen molar-refractivity contribution in [1.82, 2.24) is 0 Å². The predicted molar refractivity (Wildman–Crippen MR) is 110 cm³/mol. The van der Waals surface area contributed by atoms with Gasteiger partial charge in [0.1, 0.15) is 0 Å². The van der Waals surface area contributed by atoms with Gasteiger partial charge in [0, 0.05) is 18.3 Å². The highest BCUT2D eigenvalue weighted by Gasteiger charge is 2.33. The van der Waals surface area contributed by atoms with E-state index in [2.05, 4.69) is 0 Å². The standard InChI is InChI=1S/C21H22N2O5S/c1-14-11-17-12-16(7-8-19(17)23(14)29(2,26)27)21(25)28-13-20(24)22-10-9-15-5-3-4-6-18(15)22/h3-8,12,14H,9-11,13H2,1-2H3/t14-/m0/s1. The van der Waals surface area contributed by atoms with Crippen molar-refractivity contribution in [1.29, 1.82) is 0 Å².